The molecular weight excluding hydrogens is 212 g/mol. The minimum Gasteiger partial charge on any atom is -0.368 e. The first-order chi connectivity index (χ1) is 8.06. The molecule has 0 spiro atoms. The third-order valence-corrected chi connectivity index (χ3v) is 2.46. The van der Waals surface area contributed by atoms with Gasteiger partial charge in [0.15, 0.2) is 5.82 Å². The molecule has 1 aromatic carbocycles. The molecule has 0 amide bonds. The largest absolute Gasteiger partial charge is 0.368 e. The Labute approximate surface area is 101 Å². The van der Waals surface area contributed by atoms with Gasteiger partial charge in [0, 0.05) is 11.5 Å². The van der Waals surface area contributed by atoms with Gasteiger partial charge in [-0.2, -0.15) is 9.97 Å². The average Bonchev–Trinajstić information content (AvgIpc) is 2.28. The van der Waals surface area contributed by atoms with Gasteiger partial charge in [-0.3, -0.25) is 0 Å². The summed E-state index contributed by atoms with van der Waals surface area (Å²) in [6.45, 7) is 6.11. The Hall–Kier alpha value is -1.97. The number of nitrogens with two attached hydrogens (primary N) is 1. The standard InChI is InChI=1S/C13H16N4/c1-8(2)11-15-12(17-13(14)16-11)10-6-4-5-9(3)7-10/h4-8H,1-3H3,(H2,14,15,16,17). The first-order valence-corrected chi connectivity index (χ1v) is 5.65. The third-order valence-electron chi connectivity index (χ3n) is 2.46. The molecule has 4 nitrogen and oxygen atoms in total. The Kier molecular flexibility index (Phi) is 3.04. The smallest absolute Gasteiger partial charge is 0.223 e. The summed E-state index contributed by atoms with van der Waals surface area (Å²) in [6.07, 6.45) is 0. The Balaban J connectivity index is 2.52. The van der Waals surface area contributed by atoms with Crippen molar-refractivity contribution in [3.05, 3.63) is 35.7 Å². The second-order valence-corrected chi connectivity index (χ2v) is 4.40. The molecule has 1 aromatic heterocycles. The van der Waals surface area contributed by atoms with E-state index in [2.05, 4.69) is 15.0 Å². The van der Waals surface area contributed by atoms with E-state index in [-0.39, 0.29) is 11.9 Å². The Bertz CT molecular complexity index is 535. The van der Waals surface area contributed by atoms with Crippen LogP contribution in [0, 0.1) is 6.92 Å². The van der Waals surface area contributed by atoms with Gasteiger partial charge in [-0.05, 0) is 13.0 Å². The van der Waals surface area contributed by atoms with E-state index in [9.17, 15) is 0 Å². The summed E-state index contributed by atoms with van der Waals surface area (Å²) in [5.41, 5.74) is 7.86. The summed E-state index contributed by atoms with van der Waals surface area (Å²) in [7, 11) is 0. The molecule has 2 rings (SSSR count). The highest BCUT2D eigenvalue weighted by Crippen LogP contribution is 2.19. The average molecular weight is 228 g/mol. The van der Waals surface area contributed by atoms with Crippen molar-refractivity contribution in [3.63, 3.8) is 0 Å². The molecule has 2 N–H and O–H groups in total. The Morgan fingerprint density at radius 2 is 1.88 bits per heavy atom. The molecule has 0 fully saturated rings. The molecule has 88 valence electrons. The summed E-state index contributed by atoms with van der Waals surface area (Å²) in [6, 6.07) is 8.04. The van der Waals surface area contributed by atoms with Crippen LogP contribution in [0.3, 0.4) is 0 Å². The van der Waals surface area contributed by atoms with E-state index in [4.69, 9.17) is 5.73 Å². The van der Waals surface area contributed by atoms with E-state index in [1.807, 2.05) is 45.0 Å². The lowest BCUT2D eigenvalue weighted by Gasteiger charge is -2.07. The van der Waals surface area contributed by atoms with E-state index in [1.54, 1.807) is 0 Å². The maximum atomic E-state index is 5.71. The molecule has 0 saturated carbocycles. The van der Waals surface area contributed by atoms with E-state index < -0.39 is 0 Å². The summed E-state index contributed by atoms with van der Waals surface area (Å²) in [4.78, 5) is 12.8. The molecule has 0 bridgehead atoms. The van der Waals surface area contributed by atoms with E-state index in [1.165, 1.54) is 5.56 Å². The number of aromatic nitrogens is 3. The quantitative estimate of drug-likeness (QED) is 0.857. The predicted octanol–water partition coefficient (Wildman–Crippen LogP) is 2.55. The molecule has 0 saturated heterocycles. The fraction of sp³-hybridized carbons (Fsp3) is 0.308. The molecule has 0 radical (unpaired) electrons. The van der Waals surface area contributed by atoms with E-state index >= 15 is 0 Å². The number of hydrogen-bond acceptors (Lipinski definition) is 4. The predicted molar refractivity (Wildman–Crippen MR) is 68.5 cm³/mol. The van der Waals surface area contributed by atoms with Crippen LogP contribution in [0.5, 0.6) is 0 Å². The van der Waals surface area contributed by atoms with Crippen LogP contribution >= 0.6 is 0 Å². The van der Waals surface area contributed by atoms with Crippen molar-refractivity contribution in [2.75, 3.05) is 5.73 Å². The van der Waals surface area contributed by atoms with E-state index in [0.717, 1.165) is 11.4 Å². The van der Waals surface area contributed by atoms with Crippen LogP contribution in [0.4, 0.5) is 5.95 Å². The first kappa shape index (κ1) is 11.5. The third kappa shape index (κ3) is 2.58. The number of benzene rings is 1. The van der Waals surface area contributed by atoms with Crippen molar-refractivity contribution in [1.29, 1.82) is 0 Å². The SMILES string of the molecule is Cc1cccc(-c2nc(N)nc(C(C)C)n2)c1. The molecule has 0 unspecified atom stereocenters. The molecule has 2 aromatic rings. The van der Waals surface area contributed by atoms with Gasteiger partial charge >= 0.3 is 0 Å². The first-order valence-electron chi connectivity index (χ1n) is 5.65. The van der Waals surface area contributed by atoms with Gasteiger partial charge < -0.3 is 5.73 Å². The monoisotopic (exact) mass is 228 g/mol. The van der Waals surface area contributed by atoms with Crippen molar-refractivity contribution in [2.45, 2.75) is 26.7 Å². The van der Waals surface area contributed by atoms with Gasteiger partial charge in [-0.1, -0.05) is 37.6 Å². The van der Waals surface area contributed by atoms with Crippen LogP contribution in [-0.4, -0.2) is 15.0 Å². The Morgan fingerprint density at radius 3 is 2.53 bits per heavy atom. The second kappa shape index (κ2) is 4.49. The highest BCUT2D eigenvalue weighted by molar-refractivity contribution is 5.56. The molecule has 0 aliphatic carbocycles. The molecular formula is C13H16N4. The van der Waals surface area contributed by atoms with Gasteiger partial charge in [0.05, 0.1) is 0 Å². The zero-order chi connectivity index (χ0) is 12.4. The summed E-state index contributed by atoms with van der Waals surface area (Å²) < 4.78 is 0. The van der Waals surface area contributed by atoms with Gasteiger partial charge in [-0.15, -0.1) is 0 Å². The van der Waals surface area contributed by atoms with Crippen LogP contribution < -0.4 is 5.73 Å². The van der Waals surface area contributed by atoms with Gasteiger partial charge in [0.1, 0.15) is 5.82 Å². The zero-order valence-electron chi connectivity index (χ0n) is 10.3. The van der Waals surface area contributed by atoms with Crippen LogP contribution in [0.1, 0.15) is 31.2 Å². The van der Waals surface area contributed by atoms with Crippen molar-refractivity contribution in [2.24, 2.45) is 0 Å². The minimum absolute atomic E-state index is 0.240. The highest BCUT2D eigenvalue weighted by Gasteiger charge is 2.09. The van der Waals surface area contributed by atoms with Crippen LogP contribution in [0.2, 0.25) is 0 Å². The van der Waals surface area contributed by atoms with Gasteiger partial charge in [0.2, 0.25) is 5.95 Å². The van der Waals surface area contributed by atoms with E-state index in [0.29, 0.717) is 5.82 Å². The van der Waals surface area contributed by atoms with Crippen LogP contribution in [0.25, 0.3) is 11.4 Å². The number of nitrogens with zero attached hydrogens (tertiary/aromatic N) is 3. The minimum atomic E-state index is 0.240. The van der Waals surface area contributed by atoms with Crippen molar-refractivity contribution >= 4 is 5.95 Å². The highest BCUT2D eigenvalue weighted by atomic mass is 15.1. The lowest BCUT2D eigenvalue weighted by atomic mass is 10.1. The summed E-state index contributed by atoms with van der Waals surface area (Å²) in [5.74, 6) is 1.89. The number of anilines is 1. The van der Waals surface area contributed by atoms with Crippen LogP contribution in [0.15, 0.2) is 24.3 Å². The molecule has 1 heterocycles. The lowest BCUT2D eigenvalue weighted by molar-refractivity contribution is 0.767. The van der Waals surface area contributed by atoms with Crippen LogP contribution in [-0.2, 0) is 0 Å². The number of aryl methyl sites for hydroxylation is 1. The Morgan fingerprint density at radius 1 is 1.12 bits per heavy atom. The molecule has 0 aliphatic rings. The molecule has 0 atom stereocenters. The second-order valence-electron chi connectivity index (χ2n) is 4.40. The normalized spacial score (nSPS) is 10.8. The maximum Gasteiger partial charge on any atom is 0.223 e. The van der Waals surface area contributed by atoms with Gasteiger partial charge in [0.25, 0.3) is 0 Å². The molecule has 4 heteroatoms. The summed E-state index contributed by atoms with van der Waals surface area (Å²) in [5, 5.41) is 0. The molecule has 17 heavy (non-hydrogen) atoms. The lowest BCUT2D eigenvalue weighted by Crippen LogP contribution is -2.06. The molecule has 0 aliphatic heterocycles. The number of rotatable bonds is 2. The van der Waals surface area contributed by atoms with Crippen molar-refractivity contribution in [3.8, 4) is 11.4 Å². The van der Waals surface area contributed by atoms with Gasteiger partial charge in [-0.25, -0.2) is 4.98 Å². The maximum absolute atomic E-state index is 5.71. The zero-order valence-corrected chi connectivity index (χ0v) is 10.3. The van der Waals surface area contributed by atoms with Crippen molar-refractivity contribution < 1.29 is 0 Å². The number of nitrogen functional groups attached to an aromatic ring is 1. The topological polar surface area (TPSA) is 64.7 Å². The number of hydrogen-bond donors (Lipinski definition) is 1. The fourth-order valence-corrected chi connectivity index (χ4v) is 1.58. The summed E-state index contributed by atoms with van der Waals surface area (Å²) >= 11 is 0. The van der Waals surface area contributed by atoms with Crippen molar-refractivity contribution in [1.82, 2.24) is 15.0 Å². The fourth-order valence-electron chi connectivity index (χ4n) is 1.58.